The van der Waals surface area contributed by atoms with Gasteiger partial charge in [-0.25, -0.2) is 4.79 Å². The number of carbonyl (C=O) groups is 2. The second-order valence-corrected chi connectivity index (χ2v) is 8.88. The van der Waals surface area contributed by atoms with Gasteiger partial charge in [-0.1, -0.05) is 30.8 Å². The standard InChI is InChI=1S/C21H18N4O4S3/c1-3-28-16-11-13(7-8-15(16)29-19(27)17-6-5-9-31-17)10-14(12-22)18(26)23-20-24-21(25-32-20)30-4-2/h5-11H,3-4H2,1-2H3,(H,23,24,25,26). The molecule has 0 atom stereocenters. The number of nitriles is 1. The molecule has 0 aliphatic rings. The Morgan fingerprint density at radius 3 is 2.81 bits per heavy atom. The zero-order valence-electron chi connectivity index (χ0n) is 17.2. The Hall–Kier alpha value is -3.20. The third-order valence-electron chi connectivity index (χ3n) is 3.77. The van der Waals surface area contributed by atoms with Crippen molar-refractivity contribution >= 4 is 57.7 Å². The zero-order chi connectivity index (χ0) is 22.9. The summed E-state index contributed by atoms with van der Waals surface area (Å²) in [5.74, 6) is 0.310. The normalized spacial score (nSPS) is 11.0. The number of hydrogen-bond acceptors (Lipinski definition) is 10. The topological polar surface area (TPSA) is 114 Å². The van der Waals surface area contributed by atoms with Crippen molar-refractivity contribution in [1.82, 2.24) is 9.36 Å². The molecule has 0 aliphatic heterocycles. The fourth-order valence-electron chi connectivity index (χ4n) is 2.44. The minimum absolute atomic E-state index is 0.115. The Kier molecular flexibility index (Phi) is 8.38. The van der Waals surface area contributed by atoms with E-state index < -0.39 is 11.9 Å². The van der Waals surface area contributed by atoms with Crippen LogP contribution in [0, 0.1) is 11.3 Å². The lowest BCUT2D eigenvalue weighted by Gasteiger charge is -2.11. The molecule has 0 spiro atoms. The Labute approximate surface area is 197 Å². The molecule has 0 fully saturated rings. The maximum Gasteiger partial charge on any atom is 0.353 e. The van der Waals surface area contributed by atoms with Crippen LogP contribution in [0.2, 0.25) is 0 Å². The van der Waals surface area contributed by atoms with Crippen LogP contribution in [0.4, 0.5) is 5.13 Å². The monoisotopic (exact) mass is 486 g/mol. The average Bonchev–Trinajstić information content (AvgIpc) is 3.46. The summed E-state index contributed by atoms with van der Waals surface area (Å²) in [4.78, 5) is 29.4. The smallest absolute Gasteiger partial charge is 0.353 e. The number of anilines is 1. The summed E-state index contributed by atoms with van der Waals surface area (Å²) in [5.41, 5.74) is 0.422. The van der Waals surface area contributed by atoms with Crippen molar-refractivity contribution in [2.24, 2.45) is 0 Å². The largest absolute Gasteiger partial charge is 0.490 e. The van der Waals surface area contributed by atoms with Gasteiger partial charge < -0.3 is 9.47 Å². The molecule has 164 valence electrons. The van der Waals surface area contributed by atoms with Gasteiger partial charge in [-0.05, 0) is 47.9 Å². The van der Waals surface area contributed by atoms with Crippen LogP contribution >= 0.6 is 34.6 Å². The molecular formula is C21H18N4O4S3. The number of nitrogens with zero attached hydrogens (tertiary/aromatic N) is 3. The summed E-state index contributed by atoms with van der Waals surface area (Å²) in [6.45, 7) is 4.12. The first-order valence-electron chi connectivity index (χ1n) is 9.46. The fraction of sp³-hybridized carbons (Fsp3) is 0.190. The number of aromatic nitrogens is 2. The highest BCUT2D eigenvalue weighted by Crippen LogP contribution is 2.30. The number of thiophene rings is 1. The summed E-state index contributed by atoms with van der Waals surface area (Å²) in [6, 6.07) is 10.1. The van der Waals surface area contributed by atoms with E-state index in [0.717, 1.165) is 17.3 Å². The van der Waals surface area contributed by atoms with E-state index in [-0.39, 0.29) is 11.3 Å². The molecule has 1 aromatic carbocycles. The SMILES string of the molecule is CCOc1cc(C=C(C#N)C(=O)Nc2nc(SCC)ns2)ccc1OC(=O)c1cccs1. The first-order chi connectivity index (χ1) is 15.5. The molecule has 2 heterocycles. The van der Waals surface area contributed by atoms with Crippen LogP contribution in [0.15, 0.2) is 46.4 Å². The van der Waals surface area contributed by atoms with E-state index >= 15 is 0 Å². The van der Waals surface area contributed by atoms with E-state index in [1.54, 1.807) is 42.6 Å². The maximum absolute atomic E-state index is 12.5. The van der Waals surface area contributed by atoms with Gasteiger partial charge in [0.1, 0.15) is 16.5 Å². The average molecular weight is 487 g/mol. The highest BCUT2D eigenvalue weighted by molar-refractivity contribution is 7.99. The second-order valence-electron chi connectivity index (χ2n) is 5.95. The summed E-state index contributed by atoms with van der Waals surface area (Å²) in [5, 5.41) is 14.7. The van der Waals surface area contributed by atoms with Gasteiger partial charge in [0, 0.05) is 11.5 Å². The Morgan fingerprint density at radius 2 is 2.12 bits per heavy atom. The number of nitrogens with one attached hydrogen (secondary N) is 1. The number of benzene rings is 1. The predicted octanol–water partition coefficient (Wildman–Crippen LogP) is 4.88. The minimum Gasteiger partial charge on any atom is -0.490 e. The number of rotatable bonds is 9. The highest BCUT2D eigenvalue weighted by Gasteiger charge is 2.16. The van der Waals surface area contributed by atoms with Gasteiger partial charge in [0.25, 0.3) is 5.91 Å². The van der Waals surface area contributed by atoms with Crippen molar-refractivity contribution < 1.29 is 19.1 Å². The lowest BCUT2D eigenvalue weighted by atomic mass is 10.1. The van der Waals surface area contributed by atoms with Gasteiger partial charge in [-0.3, -0.25) is 10.1 Å². The van der Waals surface area contributed by atoms with Gasteiger partial charge in [0.2, 0.25) is 10.3 Å². The fourth-order valence-corrected chi connectivity index (χ4v) is 4.30. The number of ether oxygens (including phenoxy) is 2. The third kappa shape index (κ3) is 6.16. The molecule has 3 rings (SSSR count). The minimum atomic E-state index is -0.595. The van der Waals surface area contributed by atoms with Crippen LogP contribution in [-0.4, -0.2) is 33.6 Å². The van der Waals surface area contributed by atoms with Crippen LogP contribution in [0.3, 0.4) is 0 Å². The van der Waals surface area contributed by atoms with Gasteiger partial charge in [0.05, 0.1) is 6.61 Å². The van der Waals surface area contributed by atoms with Crippen molar-refractivity contribution in [3.8, 4) is 17.6 Å². The van der Waals surface area contributed by atoms with Crippen molar-refractivity contribution in [3.05, 3.63) is 51.7 Å². The molecule has 0 radical (unpaired) electrons. The van der Waals surface area contributed by atoms with Crippen LogP contribution in [0.1, 0.15) is 29.1 Å². The Morgan fingerprint density at radius 1 is 1.28 bits per heavy atom. The molecule has 8 nitrogen and oxygen atoms in total. The Balaban J connectivity index is 1.78. The molecule has 1 amide bonds. The number of esters is 1. The molecule has 0 saturated carbocycles. The number of thioether (sulfide) groups is 1. The van der Waals surface area contributed by atoms with Gasteiger partial charge in [-0.15, -0.1) is 11.3 Å². The van der Waals surface area contributed by atoms with E-state index in [4.69, 9.17) is 9.47 Å². The van der Waals surface area contributed by atoms with Crippen molar-refractivity contribution in [1.29, 1.82) is 5.26 Å². The third-order valence-corrected chi connectivity index (χ3v) is 6.10. The first kappa shape index (κ1) is 23.5. The molecule has 0 saturated heterocycles. The van der Waals surface area contributed by atoms with Crippen molar-refractivity contribution in [2.45, 2.75) is 19.0 Å². The number of carbonyl (C=O) groups excluding carboxylic acids is 2. The summed E-state index contributed by atoms with van der Waals surface area (Å²) >= 11 is 3.78. The lowest BCUT2D eigenvalue weighted by Crippen LogP contribution is -2.13. The van der Waals surface area contributed by atoms with Gasteiger partial charge >= 0.3 is 5.97 Å². The van der Waals surface area contributed by atoms with E-state index in [2.05, 4.69) is 14.7 Å². The molecule has 2 aromatic heterocycles. The number of amides is 1. The molecular weight excluding hydrogens is 468 g/mol. The molecule has 32 heavy (non-hydrogen) atoms. The van der Waals surface area contributed by atoms with Crippen LogP contribution in [0.25, 0.3) is 6.08 Å². The van der Waals surface area contributed by atoms with Gasteiger partial charge in [0.15, 0.2) is 11.5 Å². The molecule has 0 unspecified atom stereocenters. The summed E-state index contributed by atoms with van der Waals surface area (Å²) < 4.78 is 15.2. The molecule has 1 N–H and O–H groups in total. The molecule has 0 aliphatic carbocycles. The van der Waals surface area contributed by atoms with Crippen LogP contribution < -0.4 is 14.8 Å². The quantitative estimate of drug-likeness (QED) is 0.150. The number of hydrogen-bond donors (Lipinski definition) is 1. The molecule has 11 heteroatoms. The lowest BCUT2D eigenvalue weighted by molar-refractivity contribution is -0.112. The van der Waals surface area contributed by atoms with Crippen molar-refractivity contribution in [2.75, 3.05) is 17.7 Å². The van der Waals surface area contributed by atoms with E-state index in [0.29, 0.717) is 33.1 Å². The summed E-state index contributed by atoms with van der Waals surface area (Å²) in [6.07, 6.45) is 1.42. The van der Waals surface area contributed by atoms with Gasteiger partial charge in [-0.2, -0.15) is 14.6 Å². The first-order valence-corrected chi connectivity index (χ1v) is 12.1. The predicted molar refractivity (Wildman–Crippen MR) is 125 cm³/mol. The maximum atomic E-state index is 12.5. The molecule has 0 bridgehead atoms. The van der Waals surface area contributed by atoms with Crippen LogP contribution in [0.5, 0.6) is 11.5 Å². The Bertz CT molecular complexity index is 1170. The van der Waals surface area contributed by atoms with Crippen molar-refractivity contribution in [3.63, 3.8) is 0 Å². The highest BCUT2D eigenvalue weighted by atomic mass is 32.2. The van der Waals surface area contributed by atoms with E-state index in [1.165, 1.54) is 29.2 Å². The second kappa shape index (κ2) is 11.4. The summed E-state index contributed by atoms with van der Waals surface area (Å²) in [7, 11) is 0. The van der Waals surface area contributed by atoms with E-state index in [1.807, 2.05) is 13.0 Å². The molecule has 3 aromatic rings. The van der Waals surface area contributed by atoms with E-state index in [9.17, 15) is 14.9 Å². The van der Waals surface area contributed by atoms with Crippen LogP contribution in [-0.2, 0) is 4.79 Å². The zero-order valence-corrected chi connectivity index (χ0v) is 19.6.